The first-order valence-electron chi connectivity index (χ1n) is 13.2. The van der Waals surface area contributed by atoms with Crippen LogP contribution in [-0.2, 0) is 6.42 Å². The number of fused-ring (bicyclic) bond motifs is 1. The molecule has 0 spiro atoms. The average Bonchev–Trinajstić information content (AvgIpc) is 2.93. The van der Waals surface area contributed by atoms with Gasteiger partial charge >= 0.3 is 0 Å². The fraction of sp³-hybridized carbons (Fsp3) is 0.419. The summed E-state index contributed by atoms with van der Waals surface area (Å²) < 4.78 is 23.9. The molecule has 5 heteroatoms. The van der Waals surface area contributed by atoms with Crippen molar-refractivity contribution in [3.63, 3.8) is 0 Å². The molecule has 0 radical (unpaired) electrons. The minimum Gasteiger partial charge on any atom is -0.494 e. The lowest BCUT2D eigenvalue weighted by Crippen LogP contribution is -2.38. The van der Waals surface area contributed by atoms with Crippen molar-refractivity contribution in [2.24, 2.45) is 0 Å². The van der Waals surface area contributed by atoms with Crippen molar-refractivity contribution in [3.05, 3.63) is 83.9 Å². The number of hydrogen-bond acceptors (Lipinski definition) is 5. The van der Waals surface area contributed by atoms with E-state index in [1.165, 1.54) is 11.1 Å². The molecule has 3 aromatic rings. The molecule has 1 aliphatic rings. The van der Waals surface area contributed by atoms with Crippen LogP contribution in [0.3, 0.4) is 0 Å². The maximum absolute atomic E-state index is 6.54. The number of ether oxygens (including phenoxy) is 4. The zero-order chi connectivity index (χ0) is 25.0. The van der Waals surface area contributed by atoms with Crippen LogP contribution in [0.4, 0.5) is 0 Å². The minimum atomic E-state index is 0.0436. The molecule has 1 N–H and O–H groups in total. The Kier molecular flexibility index (Phi) is 9.92. The van der Waals surface area contributed by atoms with E-state index in [0.717, 1.165) is 68.1 Å². The van der Waals surface area contributed by atoms with Gasteiger partial charge < -0.3 is 24.3 Å². The number of para-hydroxylation sites is 2. The van der Waals surface area contributed by atoms with Gasteiger partial charge in [0.2, 0.25) is 0 Å². The third kappa shape index (κ3) is 7.17. The normalized spacial score (nSPS) is 15.4. The molecule has 0 saturated carbocycles. The van der Waals surface area contributed by atoms with Crippen LogP contribution in [0.15, 0.2) is 72.8 Å². The average molecular weight is 490 g/mol. The standard InChI is InChI=1S/C31H39NO4/c1-3-4-21-32-30(28-20-17-25-11-10-14-29(33-2)31(25)36-28)24-15-18-27(19-16-24)35-23-9-8-22-34-26-12-6-5-7-13-26/h5-7,10-16,18-19,28,30,32H,3-4,8-9,17,20-23H2,1-2H3. The van der Waals surface area contributed by atoms with E-state index in [0.29, 0.717) is 13.2 Å². The van der Waals surface area contributed by atoms with E-state index in [4.69, 9.17) is 18.9 Å². The highest BCUT2D eigenvalue weighted by Crippen LogP contribution is 2.39. The van der Waals surface area contributed by atoms with E-state index in [1.807, 2.05) is 42.5 Å². The SMILES string of the molecule is CCCCNC(c1ccc(OCCCCOc2ccccc2)cc1)C1CCc2cccc(OC)c2O1. The highest BCUT2D eigenvalue weighted by atomic mass is 16.5. The molecule has 0 saturated heterocycles. The van der Waals surface area contributed by atoms with Gasteiger partial charge in [0, 0.05) is 0 Å². The number of aryl methyl sites for hydroxylation is 1. The highest BCUT2D eigenvalue weighted by Gasteiger charge is 2.30. The molecule has 192 valence electrons. The molecule has 36 heavy (non-hydrogen) atoms. The first kappa shape index (κ1) is 25.9. The van der Waals surface area contributed by atoms with Gasteiger partial charge in [0.25, 0.3) is 0 Å². The Labute approximate surface area is 215 Å². The van der Waals surface area contributed by atoms with Crippen molar-refractivity contribution in [1.82, 2.24) is 5.32 Å². The third-order valence-electron chi connectivity index (χ3n) is 6.57. The van der Waals surface area contributed by atoms with Crippen molar-refractivity contribution in [3.8, 4) is 23.0 Å². The van der Waals surface area contributed by atoms with Crippen LogP contribution in [0.1, 0.15) is 56.2 Å². The van der Waals surface area contributed by atoms with Crippen molar-refractivity contribution in [2.45, 2.75) is 57.6 Å². The van der Waals surface area contributed by atoms with Crippen LogP contribution in [0.2, 0.25) is 0 Å². The van der Waals surface area contributed by atoms with Gasteiger partial charge in [-0.05, 0) is 80.1 Å². The van der Waals surface area contributed by atoms with E-state index in [9.17, 15) is 0 Å². The van der Waals surface area contributed by atoms with Crippen molar-refractivity contribution in [1.29, 1.82) is 0 Å². The van der Waals surface area contributed by atoms with Gasteiger partial charge in [0.05, 0.1) is 26.4 Å². The number of methoxy groups -OCH3 is 1. The van der Waals surface area contributed by atoms with Gasteiger partial charge in [-0.3, -0.25) is 0 Å². The number of rotatable bonds is 14. The van der Waals surface area contributed by atoms with Crippen LogP contribution in [0.25, 0.3) is 0 Å². The number of hydrogen-bond donors (Lipinski definition) is 1. The smallest absolute Gasteiger partial charge is 0.164 e. The molecule has 0 bridgehead atoms. The number of nitrogens with one attached hydrogen (secondary N) is 1. The van der Waals surface area contributed by atoms with E-state index in [1.54, 1.807) is 7.11 Å². The van der Waals surface area contributed by atoms with Crippen LogP contribution in [-0.4, -0.2) is 33.0 Å². The fourth-order valence-corrected chi connectivity index (χ4v) is 4.57. The predicted molar refractivity (Wildman–Crippen MR) is 144 cm³/mol. The van der Waals surface area contributed by atoms with Gasteiger partial charge in [-0.15, -0.1) is 0 Å². The molecule has 0 fully saturated rings. The Balaban J connectivity index is 1.31. The lowest BCUT2D eigenvalue weighted by molar-refractivity contribution is 0.123. The molecule has 2 atom stereocenters. The summed E-state index contributed by atoms with van der Waals surface area (Å²) in [7, 11) is 1.70. The van der Waals surface area contributed by atoms with Gasteiger partial charge in [-0.2, -0.15) is 0 Å². The van der Waals surface area contributed by atoms with Crippen molar-refractivity contribution >= 4 is 0 Å². The van der Waals surface area contributed by atoms with E-state index in [-0.39, 0.29) is 12.1 Å². The fourth-order valence-electron chi connectivity index (χ4n) is 4.57. The van der Waals surface area contributed by atoms with Gasteiger partial charge in [-0.25, -0.2) is 0 Å². The zero-order valence-corrected chi connectivity index (χ0v) is 21.6. The second-order valence-electron chi connectivity index (χ2n) is 9.21. The summed E-state index contributed by atoms with van der Waals surface area (Å²) in [5, 5.41) is 3.75. The van der Waals surface area contributed by atoms with Crippen LogP contribution < -0.4 is 24.3 Å². The minimum absolute atomic E-state index is 0.0436. The van der Waals surface area contributed by atoms with E-state index < -0.39 is 0 Å². The third-order valence-corrected chi connectivity index (χ3v) is 6.57. The molecule has 5 nitrogen and oxygen atoms in total. The van der Waals surface area contributed by atoms with E-state index >= 15 is 0 Å². The molecule has 2 unspecified atom stereocenters. The molecule has 1 heterocycles. The van der Waals surface area contributed by atoms with Gasteiger partial charge in [0.15, 0.2) is 11.5 Å². The molecular formula is C31H39NO4. The molecule has 4 rings (SSSR count). The molecule has 0 aromatic heterocycles. The van der Waals surface area contributed by atoms with Crippen molar-refractivity contribution in [2.75, 3.05) is 26.9 Å². The largest absolute Gasteiger partial charge is 0.494 e. The first-order valence-corrected chi connectivity index (χ1v) is 13.2. The lowest BCUT2D eigenvalue weighted by Gasteiger charge is -2.34. The van der Waals surface area contributed by atoms with Gasteiger partial charge in [-0.1, -0.05) is 55.8 Å². The first-order chi connectivity index (χ1) is 17.8. The Morgan fingerprint density at radius 1 is 0.861 bits per heavy atom. The second-order valence-corrected chi connectivity index (χ2v) is 9.21. The summed E-state index contributed by atoms with van der Waals surface area (Å²) in [5.74, 6) is 3.50. The number of unbranched alkanes of at least 4 members (excludes halogenated alkanes) is 2. The summed E-state index contributed by atoms with van der Waals surface area (Å²) in [6.07, 6.45) is 6.20. The van der Waals surface area contributed by atoms with Crippen LogP contribution >= 0.6 is 0 Å². The topological polar surface area (TPSA) is 49.0 Å². The van der Waals surface area contributed by atoms with Gasteiger partial charge in [0.1, 0.15) is 17.6 Å². The lowest BCUT2D eigenvalue weighted by atomic mass is 9.93. The summed E-state index contributed by atoms with van der Waals surface area (Å²) in [6.45, 7) is 4.56. The summed E-state index contributed by atoms with van der Waals surface area (Å²) in [5.41, 5.74) is 2.44. The Hall–Kier alpha value is -3.18. The van der Waals surface area contributed by atoms with Crippen LogP contribution in [0.5, 0.6) is 23.0 Å². The quantitative estimate of drug-likeness (QED) is 0.254. The summed E-state index contributed by atoms with van der Waals surface area (Å²) in [6, 6.07) is 24.7. The summed E-state index contributed by atoms with van der Waals surface area (Å²) in [4.78, 5) is 0. The maximum atomic E-state index is 6.54. The molecule has 0 amide bonds. The van der Waals surface area contributed by atoms with Crippen molar-refractivity contribution < 1.29 is 18.9 Å². The van der Waals surface area contributed by atoms with E-state index in [2.05, 4.69) is 42.6 Å². The molecule has 0 aliphatic carbocycles. The Morgan fingerprint density at radius 2 is 1.58 bits per heavy atom. The second kappa shape index (κ2) is 13.8. The summed E-state index contributed by atoms with van der Waals surface area (Å²) >= 11 is 0. The molecule has 3 aromatic carbocycles. The Bertz CT molecular complexity index is 1020. The number of benzene rings is 3. The highest BCUT2D eigenvalue weighted by molar-refractivity contribution is 5.48. The molecule has 1 aliphatic heterocycles. The zero-order valence-electron chi connectivity index (χ0n) is 21.6. The predicted octanol–water partition coefficient (Wildman–Crippen LogP) is 6.76. The Morgan fingerprint density at radius 3 is 2.28 bits per heavy atom. The van der Waals surface area contributed by atoms with Crippen LogP contribution in [0, 0.1) is 0 Å². The monoisotopic (exact) mass is 489 g/mol. The molecular weight excluding hydrogens is 450 g/mol. The maximum Gasteiger partial charge on any atom is 0.164 e.